The fourth-order valence-corrected chi connectivity index (χ4v) is 1.30. The monoisotopic (exact) mass is 177 g/mol. The molecule has 1 fully saturated rings. The molecule has 0 aliphatic heterocycles. The second-order valence-corrected chi connectivity index (χ2v) is 3.79. The lowest BCUT2D eigenvalue weighted by Gasteiger charge is -2.10. The second-order valence-electron chi connectivity index (χ2n) is 3.79. The van der Waals surface area contributed by atoms with Gasteiger partial charge in [-0.2, -0.15) is 0 Å². The van der Waals surface area contributed by atoms with Gasteiger partial charge in [-0.1, -0.05) is 0 Å². The average molecular weight is 177 g/mol. The summed E-state index contributed by atoms with van der Waals surface area (Å²) in [5.41, 5.74) is 8.86. The number of nitrogens with two attached hydrogens (primary N) is 1. The minimum absolute atomic E-state index is 0.460. The smallest absolute Gasteiger partial charge is 0.123 e. The standard InChI is InChI=1S/C11H15NO/c1-7-6-11(13-9-3-4-9)8(2)5-10(7)12/h5-6,9H,3-4,12H2,1-2H3. The number of anilines is 1. The Bertz CT molecular complexity index is 329. The minimum atomic E-state index is 0.460. The molecule has 2 N–H and O–H groups in total. The molecule has 1 aliphatic carbocycles. The Kier molecular flexibility index (Phi) is 1.91. The van der Waals surface area contributed by atoms with E-state index in [0.29, 0.717) is 6.10 Å². The first-order valence-corrected chi connectivity index (χ1v) is 4.70. The molecule has 1 saturated carbocycles. The largest absolute Gasteiger partial charge is 0.490 e. The molecule has 1 aromatic carbocycles. The summed E-state index contributed by atoms with van der Waals surface area (Å²) in [7, 11) is 0. The van der Waals surface area contributed by atoms with Gasteiger partial charge in [0.05, 0.1) is 6.10 Å². The van der Waals surface area contributed by atoms with Crippen molar-refractivity contribution in [3.63, 3.8) is 0 Å². The lowest BCUT2D eigenvalue weighted by Crippen LogP contribution is -2.00. The van der Waals surface area contributed by atoms with E-state index in [4.69, 9.17) is 10.5 Å². The molecule has 0 spiro atoms. The van der Waals surface area contributed by atoms with Gasteiger partial charge in [0.15, 0.2) is 0 Å². The Hall–Kier alpha value is -1.18. The Morgan fingerprint density at radius 3 is 2.54 bits per heavy atom. The van der Waals surface area contributed by atoms with Gasteiger partial charge in [0.2, 0.25) is 0 Å². The summed E-state index contributed by atoms with van der Waals surface area (Å²) in [6, 6.07) is 4.01. The maximum absolute atomic E-state index is 5.78. The third-order valence-electron chi connectivity index (χ3n) is 2.38. The minimum Gasteiger partial charge on any atom is -0.490 e. The van der Waals surface area contributed by atoms with Crippen LogP contribution < -0.4 is 10.5 Å². The van der Waals surface area contributed by atoms with Crippen LogP contribution in [0.4, 0.5) is 5.69 Å². The summed E-state index contributed by atoms with van der Waals surface area (Å²) in [5, 5.41) is 0. The van der Waals surface area contributed by atoms with Crippen LogP contribution in [-0.4, -0.2) is 6.10 Å². The predicted octanol–water partition coefficient (Wildman–Crippen LogP) is 2.43. The number of aryl methyl sites for hydroxylation is 2. The van der Waals surface area contributed by atoms with Crippen molar-refractivity contribution in [2.24, 2.45) is 0 Å². The zero-order chi connectivity index (χ0) is 9.42. The first-order chi connectivity index (χ1) is 6.16. The van der Waals surface area contributed by atoms with Crippen LogP contribution in [0.2, 0.25) is 0 Å². The van der Waals surface area contributed by atoms with Crippen LogP contribution in [0, 0.1) is 13.8 Å². The van der Waals surface area contributed by atoms with Gasteiger partial charge >= 0.3 is 0 Å². The summed E-state index contributed by atoms with van der Waals surface area (Å²) < 4.78 is 5.74. The fraction of sp³-hybridized carbons (Fsp3) is 0.455. The van der Waals surface area contributed by atoms with E-state index in [1.165, 1.54) is 12.8 Å². The highest BCUT2D eigenvalue weighted by Crippen LogP contribution is 2.31. The highest BCUT2D eigenvalue weighted by molar-refractivity contribution is 5.53. The number of hydrogen-bond donors (Lipinski definition) is 1. The maximum atomic E-state index is 5.78. The number of nitrogen functional groups attached to an aromatic ring is 1. The molecule has 70 valence electrons. The summed E-state index contributed by atoms with van der Waals surface area (Å²) in [4.78, 5) is 0. The van der Waals surface area contributed by atoms with Gasteiger partial charge in [-0.15, -0.1) is 0 Å². The Morgan fingerprint density at radius 1 is 1.23 bits per heavy atom. The lowest BCUT2D eigenvalue weighted by atomic mass is 10.1. The number of ether oxygens (including phenoxy) is 1. The zero-order valence-electron chi connectivity index (χ0n) is 8.13. The third kappa shape index (κ3) is 1.77. The third-order valence-corrected chi connectivity index (χ3v) is 2.38. The van der Waals surface area contributed by atoms with Crippen molar-refractivity contribution in [2.45, 2.75) is 32.8 Å². The topological polar surface area (TPSA) is 35.2 Å². The van der Waals surface area contributed by atoms with Crippen LogP contribution in [-0.2, 0) is 0 Å². The van der Waals surface area contributed by atoms with Crippen molar-refractivity contribution < 1.29 is 4.74 Å². The maximum Gasteiger partial charge on any atom is 0.123 e. The molecule has 1 aliphatic rings. The van der Waals surface area contributed by atoms with E-state index in [9.17, 15) is 0 Å². The van der Waals surface area contributed by atoms with Gasteiger partial charge < -0.3 is 10.5 Å². The molecule has 0 bridgehead atoms. The van der Waals surface area contributed by atoms with Gasteiger partial charge in [0, 0.05) is 5.69 Å². The van der Waals surface area contributed by atoms with Crippen molar-refractivity contribution in [1.29, 1.82) is 0 Å². The van der Waals surface area contributed by atoms with Crippen molar-refractivity contribution >= 4 is 5.69 Å². The van der Waals surface area contributed by atoms with E-state index in [0.717, 1.165) is 22.6 Å². The van der Waals surface area contributed by atoms with Gasteiger partial charge in [-0.25, -0.2) is 0 Å². The van der Waals surface area contributed by atoms with E-state index >= 15 is 0 Å². The molecular weight excluding hydrogens is 162 g/mol. The molecule has 2 heteroatoms. The molecule has 2 rings (SSSR count). The van der Waals surface area contributed by atoms with Gasteiger partial charge in [0.25, 0.3) is 0 Å². The quantitative estimate of drug-likeness (QED) is 0.704. The Balaban J connectivity index is 2.27. The summed E-state index contributed by atoms with van der Waals surface area (Å²) >= 11 is 0. The molecule has 0 radical (unpaired) electrons. The highest BCUT2D eigenvalue weighted by atomic mass is 16.5. The number of rotatable bonds is 2. The van der Waals surface area contributed by atoms with E-state index in [1.54, 1.807) is 0 Å². The molecule has 0 atom stereocenters. The molecule has 0 unspecified atom stereocenters. The molecule has 0 heterocycles. The lowest BCUT2D eigenvalue weighted by molar-refractivity contribution is 0.301. The van der Waals surface area contributed by atoms with Crippen LogP contribution in [0.25, 0.3) is 0 Å². The van der Waals surface area contributed by atoms with Crippen molar-refractivity contribution in [1.82, 2.24) is 0 Å². The van der Waals surface area contributed by atoms with Crippen LogP contribution in [0.1, 0.15) is 24.0 Å². The van der Waals surface area contributed by atoms with E-state index < -0.39 is 0 Å². The van der Waals surface area contributed by atoms with E-state index in [1.807, 2.05) is 26.0 Å². The van der Waals surface area contributed by atoms with E-state index in [-0.39, 0.29) is 0 Å². The van der Waals surface area contributed by atoms with Crippen LogP contribution >= 0.6 is 0 Å². The normalized spacial score (nSPS) is 15.8. The predicted molar refractivity (Wildman–Crippen MR) is 54.0 cm³/mol. The van der Waals surface area contributed by atoms with Crippen molar-refractivity contribution in [3.05, 3.63) is 23.3 Å². The Morgan fingerprint density at radius 2 is 1.92 bits per heavy atom. The fourth-order valence-electron chi connectivity index (χ4n) is 1.30. The van der Waals surface area contributed by atoms with Crippen molar-refractivity contribution in [2.75, 3.05) is 5.73 Å². The first-order valence-electron chi connectivity index (χ1n) is 4.70. The highest BCUT2D eigenvalue weighted by Gasteiger charge is 2.24. The summed E-state index contributed by atoms with van der Waals surface area (Å²) in [6.07, 6.45) is 2.85. The summed E-state index contributed by atoms with van der Waals surface area (Å²) in [5.74, 6) is 0.995. The van der Waals surface area contributed by atoms with Crippen LogP contribution in [0.3, 0.4) is 0 Å². The second kappa shape index (κ2) is 2.95. The SMILES string of the molecule is Cc1cc(OC2CC2)c(C)cc1N. The van der Waals surface area contributed by atoms with Gasteiger partial charge in [-0.05, 0) is 49.9 Å². The average Bonchev–Trinajstić information content (AvgIpc) is 2.84. The molecular formula is C11H15NO. The Labute approximate surface area is 78.7 Å². The summed E-state index contributed by atoms with van der Waals surface area (Å²) in [6.45, 7) is 4.04. The van der Waals surface area contributed by atoms with Gasteiger partial charge in [-0.3, -0.25) is 0 Å². The zero-order valence-corrected chi connectivity index (χ0v) is 8.13. The number of benzene rings is 1. The molecule has 2 nitrogen and oxygen atoms in total. The first kappa shape index (κ1) is 8.42. The van der Waals surface area contributed by atoms with Crippen molar-refractivity contribution in [3.8, 4) is 5.75 Å². The van der Waals surface area contributed by atoms with E-state index in [2.05, 4.69) is 0 Å². The molecule has 13 heavy (non-hydrogen) atoms. The molecule has 1 aromatic rings. The van der Waals surface area contributed by atoms with Gasteiger partial charge in [0.1, 0.15) is 5.75 Å². The molecule has 0 saturated heterocycles. The van der Waals surface area contributed by atoms with Crippen LogP contribution in [0.15, 0.2) is 12.1 Å². The molecule has 0 amide bonds. The number of hydrogen-bond acceptors (Lipinski definition) is 2. The molecule has 0 aromatic heterocycles. The van der Waals surface area contributed by atoms with Crippen LogP contribution in [0.5, 0.6) is 5.75 Å².